The zero-order valence-electron chi connectivity index (χ0n) is 17.9. The number of hydrogen-bond acceptors (Lipinski definition) is 5. The summed E-state index contributed by atoms with van der Waals surface area (Å²) in [5.74, 6) is -0.189. The molecule has 0 amide bonds. The van der Waals surface area contributed by atoms with Crippen LogP contribution in [0.25, 0.3) is 28.2 Å². The quantitative estimate of drug-likeness (QED) is 0.344. The van der Waals surface area contributed by atoms with Crippen molar-refractivity contribution in [2.75, 3.05) is 5.32 Å². The van der Waals surface area contributed by atoms with E-state index in [0.29, 0.717) is 39.0 Å². The molecular formula is C26H17F3N4O. The van der Waals surface area contributed by atoms with E-state index in [-0.39, 0.29) is 11.5 Å². The Bertz CT molecular complexity index is 1470. The fourth-order valence-electron chi connectivity index (χ4n) is 3.47. The zero-order valence-corrected chi connectivity index (χ0v) is 17.9. The molecule has 8 heteroatoms. The number of ketones is 1. The molecule has 2 aromatic carbocycles. The fraction of sp³-hybridized carbons (Fsp3) is 0.0769. The summed E-state index contributed by atoms with van der Waals surface area (Å²) in [6.07, 6.45) is 1.54. The van der Waals surface area contributed by atoms with Crippen molar-refractivity contribution in [1.29, 1.82) is 5.26 Å². The fourth-order valence-corrected chi connectivity index (χ4v) is 3.47. The van der Waals surface area contributed by atoms with Gasteiger partial charge in [0.25, 0.3) is 0 Å². The number of pyridine rings is 2. The zero-order chi connectivity index (χ0) is 24.3. The largest absolute Gasteiger partial charge is 0.416 e. The highest BCUT2D eigenvalue weighted by Crippen LogP contribution is 2.35. The SMILES string of the molecule is CC(=O)/C=C/c1cnc2ccc(-c3ncccc3C#N)cc2c1Nc1cccc(C(F)(F)F)c1. The maximum absolute atomic E-state index is 13.2. The second kappa shape index (κ2) is 9.16. The number of fused-ring (bicyclic) bond motifs is 1. The minimum atomic E-state index is -4.49. The molecule has 0 saturated carbocycles. The smallest absolute Gasteiger partial charge is 0.354 e. The highest BCUT2D eigenvalue weighted by Gasteiger charge is 2.30. The molecule has 2 aromatic heterocycles. The van der Waals surface area contributed by atoms with Crippen molar-refractivity contribution in [3.8, 4) is 17.3 Å². The number of anilines is 2. The van der Waals surface area contributed by atoms with Crippen LogP contribution >= 0.6 is 0 Å². The van der Waals surface area contributed by atoms with Crippen LogP contribution in [0.15, 0.2) is 73.1 Å². The van der Waals surface area contributed by atoms with Crippen molar-refractivity contribution in [2.45, 2.75) is 13.1 Å². The number of benzene rings is 2. The Morgan fingerprint density at radius 1 is 1.09 bits per heavy atom. The third-order valence-corrected chi connectivity index (χ3v) is 5.06. The van der Waals surface area contributed by atoms with Gasteiger partial charge in [0.2, 0.25) is 0 Å². The first kappa shape index (κ1) is 22.7. The van der Waals surface area contributed by atoms with Gasteiger partial charge in [-0.15, -0.1) is 0 Å². The lowest BCUT2D eigenvalue weighted by Crippen LogP contribution is -2.05. The summed E-state index contributed by atoms with van der Waals surface area (Å²) in [5.41, 5.74) is 2.50. The van der Waals surface area contributed by atoms with Crippen LogP contribution < -0.4 is 5.32 Å². The lowest BCUT2D eigenvalue weighted by Gasteiger charge is -2.15. The predicted molar refractivity (Wildman–Crippen MR) is 124 cm³/mol. The van der Waals surface area contributed by atoms with Crippen molar-refractivity contribution < 1.29 is 18.0 Å². The molecule has 0 atom stereocenters. The molecule has 168 valence electrons. The molecule has 2 heterocycles. The molecule has 1 N–H and O–H groups in total. The van der Waals surface area contributed by atoms with E-state index in [1.807, 2.05) is 0 Å². The Labute approximate surface area is 193 Å². The van der Waals surface area contributed by atoms with Gasteiger partial charge < -0.3 is 5.32 Å². The summed E-state index contributed by atoms with van der Waals surface area (Å²) < 4.78 is 39.7. The van der Waals surface area contributed by atoms with E-state index in [9.17, 15) is 23.2 Å². The molecule has 5 nitrogen and oxygen atoms in total. The number of nitrogens with one attached hydrogen (secondary N) is 1. The van der Waals surface area contributed by atoms with Crippen LogP contribution in [0.5, 0.6) is 0 Å². The molecule has 0 aliphatic carbocycles. The Balaban J connectivity index is 1.92. The number of nitrogens with zero attached hydrogens (tertiary/aromatic N) is 3. The average Bonchev–Trinajstić information content (AvgIpc) is 2.82. The highest BCUT2D eigenvalue weighted by molar-refractivity contribution is 6.01. The Morgan fingerprint density at radius 3 is 2.65 bits per heavy atom. The van der Waals surface area contributed by atoms with Gasteiger partial charge in [-0.25, -0.2) is 0 Å². The van der Waals surface area contributed by atoms with Gasteiger partial charge >= 0.3 is 6.18 Å². The summed E-state index contributed by atoms with van der Waals surface area (Å²) in [6, 6.07) is 15.6. The van der Waals surface area contributed by atoms with E-state index >= 15 is 0 Å². The lowest BCUT2D eigenvalue weighted by atomic mass is 10.0. The minimum Gasteiger partial charge on any atom is -0.354 e. The Hall–Kier alpha value is -4.51. The number of nitriles is 1. The molecule has 34 heavy (non-hydrogen) atoms. The van der Waals surface area contributed by atoms with Crippen LogP contribution in [0.3, 0.4) is 0 Å². The Morgan fingerprint density at radius 2 is 1.91 bits per heavy atom. The average molecular weight is 458 g/mol. The van der Waals surface area contributed by atoms with Gasteiger partial charge in [-0.05, 0) is 61.5 Å². The van der Waals surface area contributed by atoms with Crippen molar-refractivity contribution in [1.82, 2.24) is 9.97 Å². The minimum absolute atomic E-state index is 0.189. The van der Waals surface area contributed by atoms with E-state index < -0.39 is 11.7 Å². The van der Waals surface area contributed by atoms with Crippen LogP contribution in [0.1, 0.15) is 23.6 Å². The van der Waals surface area contributed by atoms with E-state index in [4.69, 9.17) is 0 Å². The standard InChI is InChI=1S/C26H17F3N4O/c1-16(34)7-8-19-15-32-23-10-9-17(24-18(14-30)4-3-11-31-24)12-22(23)25(19)33-21-6-2-5-20(13-21)26(27,28)29/h2-13,15H,1H3,(H,32,33)/b8-7+. The van der Waals surface area contributed by atoms with Gasteiger partial charge in [-0.1, -0.05) is 12.1 Å². The second-order valence-electron chi connectivity index (χ2n) is 7.48. The highest BCUT2D eigenvalue weighted by atomic mass is 19.4. The van der Waals surface area contributed by atoms with Crippen LogP contribution in [0.4, 0.5) is 24.5 Å². The molecule has 0 radical (unpaired) electrons. The maximum Gasteiger partial charge on any atom is 0.416 e. The molecule has 0 aliphatic heterocycles. The van der Waals surface area contributed by atoms with Gasteiger partial charge in [0.05, 0.1) is 28.0 Å². The molecule has 4 rings (SSSR count). The topological polar surface area (TPSA) is 78.7 Å². The summed E-state index contributed by atoms with van der Waals surface area (Å²) in [5, 5.41) is 13.1. The molecule has 0 unspecified atom stereocenters. The molecular weight excluding hydrogens is 441 g/mol. The summed E-state index contributed by atoms with van der Waals surface area (Å²) in [6.45, 7) is 1.40. The van der Waals surface area contributed by atoms with Crippen LogP contribution in [-0.4, -0.2) is 15.8 Å². The first-order chi connectivity index (χ1) is 16.3. The summed E-state index contributed by atoms with van der Waals surface area (Å²) in [7, 11) is 0. The van der Waals surface area contributed by atoms with Crippen LogP contribution in [0, 0.1) is 11.3 Å². The molecule has 0 spiro atoms. The molecule has 0 fully saturated rings. The first-order valence-electron chi connectivity index (χ1n) is 10.2. The summed E-state index contributed by atoms with van der Waals surface area (Å²) >= 11 is 0. The van der Waals surface area contributed by atoms with Gasteiger partial charge in [0.15, 0.2) is 5.78 Å². The van der Waals surface area contributed by atoms with Gasteiger partial charge in [0, 0.05) is 34.6 Å². The number of hydrogen-bond donors (Lipinski definition) is 1. The van der Waals surface area contributed by atoms with Gasteiger partial charge in [-0.2, -0.15) is 18.4 Å². The maximum atomic E-state index is 13.2. The number of rotatable bonds is 5. The first-order valence-corrected chi connectivity index (χ1v) is 10.2. The molecule has 0 saturated heterocycles. The van der Waals surface area contributed by atoms with Crippen LogP contribution in [-0.2, 0) is 11.0 Å². The summed E-state index contributed by atoms with van der Waals surface area (Å²) in [4.78, 5) is 20.3. The molecule has 4 aromatic rings. The van der Waals surface area contributed by atoms with Crippen LogP contribution in [0.2, 0.25) is 0 Å². The second-order valence-corrected chi connectivity index (χ2v) is 7.48. The van der Waals surface area contributed by atoms with Crippen molar-refractivity contribution in [3.05, 3.63) is 89.8 Å². The van der Waals surface area contributed by atoms with Gasteiger partial charge in [-0.3, -0.25) is 14.8 Å². The number of allylic oxidation sites excluding steroid dienone is 1. The number of carbonyl (C=O) groups excluding carboxylic acids is 1. The van der Waals surface area contributed by atoms with E-state index in [0.717, 1.165) is 12.1 Å². The number of aromatic nitrogens is 2. The van der Waals surface area contributed by atoms with E-state index in [2.05, 4.69) is 21.4 Å². The Kier molecular flexibility index (Phi) is 6.11. The van der Waals surface area contributed by atoms with Crippen molar-refractivity contribution in [3.63, 3.8) is 0 Å². The third kappa shape index (κ3) is 4.79. The predicted octanol–water partition coefficient (Wildman–Crippen LogP) is 6.53. The molecule has 0 bridgehead atoms. The van der Waals surface area contributed by atoms with E-state index in [1.165, 1.54) is 25.1 Å². The monoisotopic (exact) mass is 458 g/mol. The number of halogens is 3. The lowest BCUT2D eigenvalue weighted by molar-refractivity contribution is -0.137. The van der Waals surface area contributed by atoms with Crippen molar-refractivity contribution in [2.24, 2.45) is 0 Å². The normalized spacial score (nSPS) is 11.5. The third-order valence-electron chi connectivity index (χ3n) is 5.06. The number of carbonyl (C=O) groups is 1. The van der Waals surface area contributed by atoms with Gasteiger partial charge in [0.1, 0.15) is 6.07 Å². The number of alkyl halides is 3. The molecule has 0 aliphatic rings. The van der Waals surface area contributed by atoms with E-state index in [1.54, 1.807) is 48.8 Å². The van der Waals surface area contributed by atoms with Crippen molar-refractivity contribution >= 4 is 34.1 Å².